The molecule has 6 heteroatoms. The van der Waals surface area contributed by atoms with Gasteiger partial charge in [0, 0.05) is 29.7 Å². The second-order valence-electron chi connectivity index (χ2n) is 4.06. The van der Waals surface area contributed by atoms with Crippen molar-refractivity contribution in [1.29, 1.82) is 0 Å². The van der Waals surface area contributed by atoms with E-state index < -0.39 is 12.0 Å². The average molecular weight is 313 g/mol. The van der Waals surface area contributed by atoms with E-state index in [0.29, 0.717) is 18.7 Å². The molecule has 0 radical (unpaired) electrons. The monoisotopic (exact) mass is 312 g/mol. The lowest BCUT2D eigenvalue weighted by Gasteiger charge is -2.33. The maximum Gasteiger partial charge on any atom is 0.327 e. The first-order valence-electron chi connectivity index (χ1n) is 5.59. The summed E-state index contributed by atoms with van der Waals surface area (Å²) in [6.45, 7) is 1.31. The molecule has 1 aromatic carbocycles. The predicted molar refractivity (Wildman–Crippen MR) is 69.5 cm³/mol. The molecule has 1 amide bonds. The molecule has 5 nitrogen and oxygen atoms in total. The number of nitrogens with one attached hydrogen (secondary N) is 1. The molecule has 0 bridgehead atoms. The van der Waals surface area contributed by atoms with Crippen LogP contribution in [0.2, 0.25) is 0 Å². The number of rotatable bonds is 2. The summed E-state index contributed by atoms with van der Waals surface area (Å²) in [5, 5.41) is 12.1. The van der Waals surface area contributed by atoms with Crippen LogP contribution in [0.15, 0.2) is 28.7 Å². The highest BCUT2D eigenvalue weighted by atomic mass is 79.9. The summed E-state index contributed by atoms with van der Waals surface area (Å²) in [7, 11) is 0. The van der Waals surface area contributed by atoms with Crippen LogP contribution in [0.4, 0.5) is 0 Å². The number of piperazine rings is 1. The minimum absolute atomic E-state index is 0.239. The number of carbonyl (C=O) groups excluding carboxylic acids is 1. The SMILES string of the molecule is O=C(O)C1CNCCN1C(=O)c1ccc(Br)cc1. The van der Waals surface area contributed by atoms with Crippen molar-refractivity contribution in [3.05, 3.63) is 34.3 Å². The van der Waals surface area contributed by atoms with Crippen molar-refractivity contribution in [3.8, 4) is 0 Å². The number of carbonyl (C=O) groups is 2. The molecule has 1 atom stereocenters. The highest BCUT2D eigenvalue weighted by Gasteiger charge is 2.32. The molecule has 1 heterocycles. The standard InChI is InChI=1S/C12H13BrN2O3/c13-9-3-1-8(2-4-9)11(16)15-6-5-14-7-10(15)12(17)18/h1-4,10,14H,5-7H2,(H,17,18). The van der Waals surface area contributed by atoms with Gasteiger partial charge in [0.25, 0.3) is 5.91 Å². The smallest absolute Gasteiger partial charge is 0.327 e. The lowest BCUT2D eigenvalue weighted by Crippen LogP contribution is -2.56. The molecular formula is C12H13BrN2O3. The van der Waals surface area contributed by atoms with Gasteiger partial charge in [-0.3, -0.25) is 4.79 Å². The Hall–Kier alpha value is -1.40. The summed E-state index contributed by atoms with van der Waals surface area (Å²) in [6, 6.07) is 6.12. The minimum atomic E-state index is -0.979. The number of hydrogen-bond donors (Lipinski definition) is 2. The van der Waals surface area contributed by atoms with Gasteiger partial charge >= 0.3 is 5.97 Å². The fourth-order valence-corrected chi connectivity index (χ4v) is 2.19. The lowest BCUT2D eigenvalue weighted by atomic mass is 10.1. The van der Waals surface area contributed by atoms with Crippen LogP contribution in [-0.2, 0) is 4.79 Å². The summed E-state index contributed by atoms with van der Waals surface area (Å²) in [5.74, 6) is -1.22. The van der Waals surface area contributed by atoms with Gasteiger partial charge in [0.15, 0.2) is 0 Å². The van der Waals surface area contributed by atoms with Gasteiger partial charge in [-0.1, -0.05) is 15.9 Å². The van der Waals surface area contributed by atoms with Gasteiger partial charge in [-0.15, -0.1) is 0 Å². The molecule has 0 spiro atoms. The van der Waals surface area contributed by atoms with Gasteiger partial charge in [0.2, 0.25) is 0 Å². The second kappa shape index (κ2) is 5.49. The van der Waals surface area contributed by atoms with E-state index in [1.165, 1.54) is 4.90 Å². The summed E-state index contributed by atoms with van der Waals surface area (Å²) in [6.07, 6.45) is 0. The molecule has 1 aliphatic heterocycles. The Bertz CT molecular complexity index is 461. The highest BCUT2D eigenvalue weighted by Crippen LogP contribution is 2.14. The molecular weight excluding hydrogens is 300 g/mol. The zero-order chi connectivity index (χ0) is 13.1. The maximum atomic E-state index is 12.2. The van der Waals surface area contributed by atoms with Gasteiger partial charge in [-0.05, 0) is 24.3 Å². The van der Waals surface area contributed by atoms with Crippen LogP contribution in [0.25, 0.3) is 0 Å². The van der Waals surface area contributed by atoms with Crippen molar-refractivity contribution < 1.29 is 14.7 Å². The van der Waals surface area contributed by atoms with E-state index in [4.69, 9.17) is 5.11 Å². The highest BCUT2D eigenvalue weighted by molar-refractivity contribution is 9.10. The second-order valence-corrected chi connectivity index (χ2v) is 4.98. The molecule has 2 rings (SSSR count). The third kappa shape index (κ3) is 2.70. The van der Waals surface area contributed by atoms with E-state index >= 15 is 0 Å². The predicted octanol–water partition coefficient (Wildman–Crippen LogP) is 0.948. The normalized spacial score (nSPS) is 19.6. The van der Waals surface area contributed by atoms with Crippen molar-refractivity contribution >= 4 is 27.8 Å². The molecule has 1 aliphatic rings. The summed E-state index contributed by atoms with van der Waals surface area (Å²) in [5.41, 5.74) is 0.506. The molecule has 96 valence electrons. The van der Waals surface area contributed by atoms with E-state index in [9.17, 15) is 9.59 Å². The Morgan fingerprint density at radius 3 is 2.61 bits per heavy atom. The first kappa shape index (κ1) is 13.0. The van der Waals surface area contributed by atoms with E-state index in [1.54, 1.807) is 24.3 Å². The fraction of sp³-hybridized carbons (Fsp3) is 0.333. The van der Waals surface area contributed by atoms with E-state index in [2.05, 4.69) is 21.2 Å². The van der Waals surface area contributed by atoms with Crippen molar-refractivity contribution in [2.24, 2.45) is 0 Å². The van der Waals surface area contributed by atoms with Gasteiger partial charge in [-0.2, -0.15) is 0 Å². The quantitative estimate of drug-likeness (QED) is 0.853. The lowest BCUT2D eigenvalue weighted by molar-refractivity contribution is -0.142. The summed E-state index contributed by atoms with van der Waals surface area (Å²) < 4.78 is 0.883. The van der Waals surface area contributed by atoms with Crippen LogP contribution < -0.4 is 5.32 Å². The Kier molecular flexibility index (Phi) is 3.98. The zero-order valence-corrected chi connectivity index (χ0v) is 11.2. The summed E-state index contributed by atoms with van der Waals surface area (Å²) >= 11 is 3.30. The molecule has 0 aromatic heterocycles. The molecule has 1 aromatic rings. The molecule has 0 aliphatic carbocycles. The summed E-state index contributed by atoms with van der Waals surface area (Å²) in [4.78, 5) is 24.8. The number of amides is 1. The third-order valence-electron chi connectivity index (χ3n) is 2.88. The minimum Gasteiger partial charge on any atom is -0.480 e. The van der Waals surface area contributed by atoms with Crippen LogP contribution in [0.5, 0.6) is 0 Å². The van der Waals surface area contributed by atoms with Crippen molar-refractivity contribution in [3.63, 3.8) is 0 Å². The number of nitrogens with zero attached hydrogens (tertiary/aromatic N) is 1. The number of hydrogen-bond acceptors (Lipinski definition) is 3. The first-order valence-corrected chi connectivity index (χ1v) is 6.39. The maximum absolute atomic E-state index is 12.2. The van der Waals surface area contributed by atoms with Crippen LogP contribution in [-0.4, -0.2) is 47.6 Å². The molecule has 1 saturated heterocycles. The molecule has 1 unspecified atom stereocenters. The largest absolute Gasteiger partial charge is 0.480 e. The van der Waals surface area contributed by atoms with Crippen molar-refractivity contribution in [2.75, 3.05) is 19.6 Å². The van der Waals surface area contributed by atoms with Gasteiger partial charge in [0.1, 0.15) is 6.04 Å². The Balaban J connectivity index is 2.20. The third-order valence-corrected chi connectivity index (χ3v) is 3.41. The molecule has 1 fully saturated rings. The van der Waals surface area contributed by atoms with Crippen molar-refractivity contribution in [2.45, 2.75) is 6.04 Å². The molecule has 18 heavy (non-hydrogen) atoms. The number of aliphatic carboxylic acids is 1. The molecule has 0 saturated carbocycles. The Morgan fingerprint density at radius 1 is 1.33 bits per heavy atom. The van der Waals surface area contributed by atoms with E-state index in [-0.39, 0.29) is 12.5 Å². The van der Waals surface area contributed by atoms with Crippen LogP contribution in [0, 0.1) is 0 Å². The van der Waals surface area contributed by atoms with Gasteiger partial charge < -0.3 is 15.3 Å². The first-order chi connectivity index (χ1) is 8.59. The fourth-order valence-electron chi connectivity index (χ4n) is 1.93. The average Bonchev–Trinajstić information content (AvgIpc) is 2.39. The number of carboxylic acid groups (broad SMARTS) is 1. The van der Waals surface area contributed by atoms with Crippen LogP contribution >= 0.6 is 15.9 Å². The number of carboxylic acids is 1. The Morgan fingerprint density at radius 2 is 2.00 bits per heavy atom. The van der Waals surface area contributed by atoms with Crippen LogP contribution in [0.3, 0.4) is 0 Å². The van der Waals surface area contributed by atoms with Crippen LogP contribution in [0.1, 0.15) is 10.4 Å². The van der Waals surface area contributed by atoms with Crippen molar-refractivity contribution in [1.82, 2.24) is 10.2 Å². The number of benzene rings is 1. The van der Waals surface area contributed by atoms with Gasteiger partial charge in [-0.25, -0.2) is 4.79 Å². The molecule has 2 N–H and O–H groups in total. The Labute approximate surface area is 113 Å². The topological polar surface area (TPSA) is 69.6 Å². The number of halogens is 1. The van der Waals surface area contributed by atoms with Gasteiger partial charge in [0.05, 0.1) is 0 Å². The van der Waals surface area contributed by atoms with E-state index in [0.717, 1.165) is 4.47 Å². The zero-order valence-electron chi connectivity index (χ0n) is 9.60. The van der Waals surface area contributed by atoms with E-state index in [1.807, 2.05) is 0 Å².